The molecule has 1 nitrogen and oxygen atoms in total. The fourth-order valence-electron chi connectivity index (χ4n) is 1.48. The van der Waals surface area contributed by atoms with Gasteiger partial charge in [-0.05, 0) is 18.7 Å². The number of hydrogen-bond acceptors (Lipinski definition) is 1. The Morgan fingerprint density at radius 1 is 1.14 bits per heavy atom. The van der Waals surface area contributed by atoms with Gasteiger partial charge in [0.15, 0.2) is 0 Å². The van der Waals surface area contributed by atoms with Gasteiger partial charge in [0, 0.05) is 6.54 Å². The van der Waals surface area contributed by atoms with Crippen molar-refractivity contribution in [2.75, 3.05) is 19.6 Å². The first-order chi connectivity index (χ1) is 6.77. The van der Waals surface area contributed by atoms with Gasteiger partial charge in [0.1, 0.15) is 0 Å². The Labute approximate surface area is 95.2 Å². The van der Waals surface area contributed by atoms with Crippen molar-refractivity contribution in [2.45, 2.75) is 18.7 Å². The minimum Gasteiger partial charge on any atom is -0.302 e. The summed E-state index contributed by atoms with van der Waals surface area (Å²) in [6, 6.07) is 10.6. The average Bonchev–Trinajstić information content (AvgIpc) is 2.26. The second-order valence-corrected chi connectivity index (χ2v) is 4.47. The van der Waals surface area contributed by atoms with Crippen LogP contribution in [0.2, 0.25) is 0 Å². The van der Waals surface area contributed by atoms with Crippen molar-refractivity contribution in [2.24, 2.45) is 0 Å². The molecule has 1 unspecified atom stereocenters. The maximum absolute atomic E-state index is 3.73. The molecule has 0 saturated carbocycles. The molecule has 1 atom stereocenters. The summed E-state index contributed by atoms with van der Waals surface area (Å²) in [5.41, 5.74) is 1.36. The van der Waals surface area contributed by atoms with E-state index >= 15 is 0 Å². The lowest BCUT2D eigenvalue weighted by atomic mass is 10.1. The first kappa shape index (κ1) is 11.7. The van der Waals surface area contributed by atoms with E-state index in [-0.39, 0.29) is 0 Å². The van der Waals surface area contributed by atoms with E-state index in [4.69, 9.17) is 0 Å². The molecular formula is C12H18BrN. The van der Waals surface area contributed by atoms with Crippen LogP contribution in [0, 0.1) is 0 Å². The Kier molecular flexibility index (Phi) is 5.20. The SMILES string of the molecule is CCN(CC)CC(Br)c1ccccc1. The van der Waals surface area contributed by atoms with Gasteiger partial charge in [0.2, 0.25) is 0 Å². The van der Waals surface area contributed by atoms with Gasteiger partial charge in [-0.2, -0.15) is 0 Å². The molecule has 2 heteroatoms. The molecule has 0 aliphatic rings. The van der Waals surface area contributed by atoms with Gasteiger partial charge in [-0.15, -0.1) is 0 Å². The number of likely N-dealkylation sites (N-methyl/N-ethyl adjacent to an activating group) is 1. The minimum absolute atomic E-state index is 0.448. The van der Waals surface area contributed by atoms with E-state index in [0.717, 1.165) is 19.6 Å². The maximum atomic E-state index is 3.73. The summed E-state index contributed by atoms with van der Waals surface area (Å²) in [5, 5.41) is 0. The number of benzene rings is 1. The molecule has 78 valence electrons. The summed E-state index contributed by atoms with van der Waals surface area (Å²) in [7, 11) is 0. The number of nitrogens with zero attached hydrogens (tertiary/aromatic N) is 1. The third-order valence-electron chi connectivity index (χ3n) is 2.47. The number of halogens is 1. The molecule has 1 aromatic rings. The Morgan fingerprint density at radius 2 is 1.71 bits per heavy atom. The summed E-state index contributed by atoms with van der Waals surface area (Å²) >= 11 is 3.73. The molecule has 0 aromatic heterocycles. The topological polar surface area (TPSA) is 3.24 Å². The van der Waals surface area contributed by atoms with Crippen LogP contribution >= 0.6 is 15.9 Å². The van der Waals surface area contributed by atoms with Gasteiger partial charge in [0.25, 0.3) is 0 Å². The highest BCUT2D eigenvalue weighted by molar-refractivity contribution is 9.09. The maximum Gasteiger partial charge on any atom is 0.0522 e. The number of alkyl halides is 1. The molecule has 0 heterocycles. The zero-order valence-electron chi connectivity index (χ0n) is 8.91. The van der Waals surface area contributed by atoms with Gasteiger partial charge in [-0.25, -0.2) is 0 Å². The fourth-order valence-corrected chi connectivity index (χ4v) is 2.19. The van der Waals surface area contributed by atoms with Crippen LogP contribution in [0.15, 0.2) is 30.3 Å². The average molecular weight is 256 g/mol. The summed E-state index contributed by atoms with van der Waals surface area (Å²) in [6.07, 6.45) is 0. The highest BCUT2D eigenvalue weighted by Gasteiger charge is 2.09. The molecule has 0 aliphatic heterocycles. The molecule has 14 heavy (non-hydrogen) atoms. The molecule has 0 N–H and O–H groups in total. The Balaban J connectivity index is 2.54. The van der Waals surface area contributed by atoms with E-state index in [2.05, 4.69) is 65.0 Å². The summed E-state index contributed by atoms with van der Waals surface area (Å²) in [4.78, 5) is 2.87. The molecule has 0 saturated heterocycles. The van der Waals surface area contributed by atoms with Crippen LogP contribution < -0.4 is 0 Å². The van der Waals surface area contributed by atoms with Gasteiger partial charge in [-0.3, -0.25) is 0 Å². The zero-order valence-corrected chi connectivity index (χ0v) is 10.5. The monoisotopic (exact) mass is 255 g/mol. The van der Waals surface area contributed by atoms with Crippen molar-refractivity contribution in [1.82, 2.24) is 4.90 Å². The third-order valence-corrected chi connectivity index (χ3v) is 3.29. The van der Waals surface area contributed by atoms with Gasteiger partial charge >= 0.3 is 0 Å². The predicted molar refractivity (Wildman–Crippen MR) is 65.9 cm³/mol. The normalized spacial score (nSPS) is 13.1. The first-order valence-corrected chi connectivity index (χ1v) is 6.10. The zero-order chi connectivity index (χ0) is 10.4. The molecule has 0 amide bonds. The summed E-state index contributed by atoms with van der Waals surface area (Å²) < 4.78 is 0. The largest absolute Gasteiger partial charge is 0.302 e. The van der Waals surface area contributed by atoms with Crippen molar-refractivity contribution in [3.63, 3.8) is 0 Å². The van der Waals surface area contributed by atoms with Crippen molar-refractivity contribution in [3.05, 3.63) is 35.9 Å². The lowest BCUT2D eigenvalue weighted by Gasteiger charge is -2.21. The standard InChI is InChI=1S/C12H18BrN/c1-3-14(4-2)10-12(13)11-8-6-5-7-9-11/h5-9,12H,3-4,10H2,1-2H3. The van der Waals surface area contributed by atoms with E-state index in [1.807, 2.05) is 0 Å². The highest BCUT2D eigenvalue weighted by atomic mass is 79.9. The van der Waals surface area contributed by atoms with Gasteiger partial charge in [-0.1, -0.05) is 60.1 Å². The second kappa shape index (κ2) is 6.20. The Morgan fingerprint density at radius 3 is 2.21 bits per heavy atom. The molecule has 0 radical (unpaired) electrons. The van der Waals surface area contributed by atoms with E-state index in [0.29, 0.717) is 4.83 Å². The molecular weight excluding hydrogens is 238 g/mol. The van der Waals surface area contributed by atoms with Crippen molar-refractivity contribution in [3.8, 4) is 0 Å². The van der Waals surface area contributed by atoms with E-state index in [1.165, 1.54) is 5.56 Å². The van der Waals surface area contributed by atoms with E-state index < -0.39 is 0 Å². The minimum atomic E-state index is 0.448. The molecule has 1 rings (SSSR count). The van der Waals surface area contributed by atoms with Crippen molar-refractivity contribution < 1.29 is 0 Å². The van der Waals surface area contributed by atoms with Crippen LogP contribution in [0.4, 0.5) is 0 Å². The van der Waals surface area contributed by atoms with Gasteiger partial charge in [0.05, 0.1) is 4.83 Å². The van der Waals surface area contributed by atoms with Crippen molar-refractivity contribution in [1.29, 1.82) is 0 Å². The van der Waals surface area contributed by atoms with Crippen LogP contribution in [-0.4, -0.2) is 24.5 Å². The number of rotatable bonds is 5. The first-order valence-electron chi connectivity index (χ1n) is 5.19. The quantitative estimate of drug-likeness (QED) is 0.729. The van der Waals surface area contributed by atoms with Crippen molar-refractivity contribution >= 4 is 15.9 Å². The smallest absolute Gasteiger partial charge is 0.0522 e. The second-order valence-electron chi connectivity index (χ2n) is 3.36. The molecule has 1 aromatic carbocycles. The molecule has 0 aliphatic carbocycles. The number of hydrogen-bond donors (Lipinski definition) is 0. The third kappa shape index (κ3) is 3.43. The van der Waals surface area contributed by atoms with E-state index in [1.54, 1.807) is 0 Å². The fraction of sp³-hybridized carbons (Fsp3) is 0.500. The summed E-state index contributed by atoms with van der Waals surface area (Å²) in [5.74, 6) is 0. The Bertz CT molecular complexity index is 244. The lowest BCUT2D eigenvalue weighted by molar-refractivity contribution is 0.307. The molecule has 0 fully saturated rings. The molecule has 0 spiro atoms. The Hall–Kier alpha value is -0.340. The molecule has 0 bridgehead atoms. The van der Waals surface area contributed by atoms with Crippen LogP contribution in [0.25, 0.3) is 0 Å². The predicted octanol–water partition coefficient (Wildman–Crippen LogP) is 3.46. The van der Waals surface area contributed by atoms with Crippen LogP contribution in [0.5, 0.6) is 0 Å². The van der Waals surface area contributed by atoms with Crippen LogP contribution in [0.1, 0.15) is 24.2 Å². The lowest BCUT2D eigenvalue weighted by Crippen LogP contribution is -2.26. The van der Waals surface area contributed by atoms with Gasteiger partial charge < -0.3 is 4.90 Å². The summed E-state index contributed by atoms with van der Waals surface area (Å²) in [6.45, 7) is 7.72. The van der Waals surface area contributed by atoms with Crippen LogP contribution in [0.3, 0.4) is 0 Å². The van der Waals surface area contributed by atoms with E-state index in [9.17, 15) is 0 Å². The highest BCUT2D eigenvalue weighted by Crippen LogP contribution is 2.23. The van der Waals surface area contributed by atoms with Crippen LogP contribution in [-0.2, 0) is 0 Å².